The summed E-state index contributed by atoms with van der Waals surface area (Å²) >= 11 is 0. The summed E-state index contributed by atoms with van der Waals surface area (Å²) in [6, 6.07) is 4.69. The molecule has 1 heterocycles. The van der Waals surface area contributed by atoms with Crippen molar-refractivity contribution in [1.82, 2.24) is 0 Å². The van der Waals surface area contributed by atoms with E-state index < -0.39 is 8.03 Å². The molecule has 0 radical (unpaired) electrons. The van der Waals surface area contributed by atoms with Crippen molar-refractivity contribution in [3.63, 3.8) is 0 Å². The molecule has 0 N–H and O–H groups in total. The third kappa shape index (κ3) is 3.31. The highest BCUT2D eigenvalue weighted by Crippen LogP contribution is 2.66. The number of benzene rings is 1. The molecule has 9 fully saturated rings. The molecule has 1 saturated heterocycles. The van der Waals surface area contributed by atoms with Crippen molar-refractivity contribution in [2.75, 3.05) is 31.2 Å². The van der Waals surface area contributed by atoms with E-state index in [-0.39, 0.29) is 10.8 Å². The summed E-state index contributed by atoms with van der Waals surface area (Å²) in [5, 5.41) is 0.733. The van der Waals surface area contributed by atoms with Crippen molar-refractivity contribution in [1.29, 1.82) is 0 Å². The molecule has 5 heteroatoms. The average Bonchev–Trinajstić information content (AvgIpc) is 2.82. The number of hydrogen-bond acceptors (Lipinski definition) is 4. The quantitative estimate of drug-likeness (QED) is 0.542. The normalized spacial score (nSPS) is 45.9. The van der Waals surface area contributed by atoms with Gasteiger partial charge >= 0.3 is 8.03 Å². The minimum atomic E-state index is -2.65. The zero-order valence-corrected chi connectivity index (χ0v) is 21.9. The SMILES string of the molecule is O=[P+]([O-])c1c(N2CCOCC2)ccc(C23CC4CC(CC(C4)C2)C3)c1C12CC3CC(CC(C3)C1)C2. The maximum Gasteiger partial charge on any atom is 0.351 e. The maximum atomic E-state index is 13.3. The van der Waals surface area contributed by atoms with E-state index in [1.807, 2.05) is 0 Å². The lowest BCUT2D eigenvalue weighted by Gasteiger charge is -2.60. The van der Waals surface area contributed by atoms with Gasteiger partial charge in [0.2, 0.25) is 5.30 Å². The minimum absolute atomic E-state index is 0.0977. The maximum absolute atomic E-state index is 13.3. The second kappa shape index (κ2) is 7.78. The molecule has 8 bridgehead atoms. The Morgan fingerprint density at radius 2 is 1.20 bits per heavy atom. The third-order valence-electron chi connectivity index (χ3n) is 11.9. The van der Waals surface area contributed by atoms with Crippen LogP contribution in [0.5, 0.6) is 0 Å². The van der Waals surface area contributed by atoms with Gasteiger partial charge in [0, 0.05) is 24.1 Å². The summed E-state index contributed by atoms with van der Waals surface area (Å²) in [7, 11) is -2.65. The Balaban J connectivity index is 1.35. The Labute approximate surface area is 211 Å². The zero-order valence-electron chi connectivity index (χ0n) is 21.1. The number of morpholine rings is 1. The summed E-state index contributed by atoms with van der Waals surface area (Å²) in [4.78, 5) is 15.7. The lowest BCUT2D eigenvalue weighted by Crippen LogP contribution is -2.54. The predicted octanol–water partition coefficient (Wildman–Crippen LogP) is 5.19. The van der Waals surface area contributed by atoms with Crippen molar-refractivity contribution in [3.05, 3.63) is 23.3 Å². The molecule has 4 nitrogen and oxygen atoms in total. The van der Waals surface area contributed by atoms with Crippen LogP contribution < -0.4 is 15.1 Å². The molecule has 1 aliphatic heterocycles. The molecule has 10 rings (SSSR count). The lowest BCUT2D eigenvalue weighted by molar-refractivity contribution is -0.160. The summed E-state index contributed by atoms with van der Waals surface area (Å²) in [6.07, 6.45) is 16.1. The number of hydrogen-bond donors (Lipinski definition) is 0. The highest BCUT2D eigenvalue weighted by atomic mass is 31.1. The first-order chi connectivity index (χ1) is 17.0. The van der Waals surface area contributed by atoms with Gasteiger partial charge in [-0.2, -0.15) is 0 Å². The topological polar surface area (TPSA) is 52.6 Å². The molecule has 0 aromatic heterocycles. The van der Waals surface area contributed by atoms with Gasteiger partial charge in [-0.25, -0.2) is 0 Å². The van der Waals surface area contributed by atoms with Crippen LogP contribution in [0.2, 0.25) is 0 Å². The molecule has 1 aromatic rings. The number of ether oxygens (including phenoxy) is 1. The third-order valence-corrected chi connectivity index (χ3v) is 12.7. The van der Waals surface area contributed by atoms with Crippen LogP contribution in [-0.2, 0) is 20.1 Å². The van der Waals surface area contributed by atoms with Crippen LogP contribution in [0.25, 0.3) is 0 Å². The minimum Gasteiger partial charge on any atom is -0.591 e. The fourth-order valence-corrected chi connectivity index (χ4v) is 12.6. The van der Waals surface area contributed by atoms with Crippen LogP contribution in [0, 0.1) is 35.5 Å². The average molecular weight is 494 g/mol. The molecule has 1 aromatic carbocycles. The van der Waals surface area contributed by atoms with Gasteiger partial charge < -0.3 is 14.5 Å². The summed E-state index contributed by atoms with van der Waals surface area (Å²) in [5.41, 5.74) is 4.17. The van der Waals surface area contributed by atoms with Gasteiger partial charge in [-0.1, -0.05) is 10.6 Å². The van der Waals surface area contributed by atoms with Crippen molar-refractivity contribution in [2.24, 2.45) is 35.5 Å². The fourth-order valence-electron chi connectivity index (χ4n) is 11.7. The zero-order chi connectivity index (χ0) is 23.4. The first-order valence-electron chi connectivity index (χ1n) is 14.7. The van der Waals surface area contributed by atoms with Crippen molar-refractivity contribution in [2.45, 2.75) is 87.9 Å². The van der Waals surface area contributed by atoms with E-state index in [1.54, 1.807) is 0 Å². The number of nitrogens with zero attached hydrogens (tertiary/aromatic N) is 1. The molecule has 188 valence electrons. The van der Waals surface area contributed by atoms with Gasteiger partial charge in [-0.3, -0.25) is 0 Å². The largest absolute Gasteiger partial charge is 0.591 e. The molecule has 8 aliphatic carbocycles. The van der Waals surface area contributed by atoms with E-state index in [4.69, 9.17) is 4.74 Å². The van der Waals surface area contributed by atoms with Crippen molar-refractivity contribution >= 4 is 19.0 Å². The first kappa shape index (κ1) is 22.1. The fraction of sp³-hybridized carbons (Fsp3) is 0.800. The molecular weight excluding hydrogens is 453 g/mol. The highest BCUT2D eigenvalue weighted by molar-refractivity contribution is 7.46. The van der Waals surface area contributed by atoms with Crippen LogP contribution in [0.15, 0.2) is 12.1 Å². The second-order valence-corrected chi connectivity index (χ2v) is 15.1. The van der Waals surface area contributed by atoms with Crippen LogP contribution in [0.3, 0.4) is 0 Å². The van der Waals surface area contributed by atoms with Crippen molar-refractivity contribution < 1.29 is 14.2 Å². The van der Waals surface area contributed by atoms with Crippen molar-refractivity contribution in [3.8, 4) is 0 Å². The van der Waals surface area contributed by atoms with E-state index in [1.165, 1.54) is 88.2 Å². The lowest BCUT2D eigenvalue weighted by atomic mass is 9.44. The van der Waals surface area contributed by atoms with E-state index in [2.05, 4.69) is 17.0 Å². The Morgan fingerprint density at radius 3 is 1.66 bits per heavy atom. The van der Waals surface area contributed by atoms with E-state index in [0.29, 0.717) is 13.2 Å². The number of anilines is 1. The highest BCUT2D eigenvalue weighted by Gasteiger charge is 2.58. The van der Waals surface area contributed by atoms with E-state index in [0.717, 1.165) is 59.6 Å². The van der Waals surface area contributed by atoms with Gasteiger partial charge in [-0.05, 0) is 130 Å². The van der Waals surface area contributed by atoms with Gasteiger partial charge in [0.05, 0.1) is 18.9 Å². The Bertz CT molecular complexity index is 989. The molecule has 35 heavy (non-hydrogen) atoms. The summed E-state index contributed by atoms with van der Waals surface area (Å²) in [6.45, 7) is 2.98. The molecule has 0 amide bonds. The van der Waals surface area contributed by atoms with Crippen LogP contribution in [-0.4, -0.2) is 26.3 Å². The van der Waals surface area contributed by atoms with Gasteiger partial charge in [-0.15, -0.1) is 0 Å². The van der Waals surface area contributed by atoms with Crippen LogP contribution >= 0.6 is 8.03 Å². The molecular formula is C30H40NO3P. The monoisotopic (exact) mass is 493 g/mol. The Kier molecular flexibility index (Phi) is 4.90. The summed E-state index contributed by atoms with van der Waals surface area (Å²) < 4.78 is 19.0. The smallest absolute Gasteiger partial charge is 0.351 e. The molecule has 9 aliphatic rings. The van der Waals surface area contributed by atoms with Gasteiger partial charge in [0.25, 0.3) is 0 Å². The Morgan fingerprint density at radius 1 is 0.743 bits per heavy atom. The van der Waals surface area contributed by atoms with Gasteiger partial charge in [0.1, 0.15) is 0 Å². The molecule has 1 unspecified atom stereocenters. The van der Waals surface area contributed by atoms with E-state index >= 15 is 0 Å². The predicted molar refractivity (Wildman–Crippen MR) is 136 cm³/mol. The van der Waals surface area contributed by atoms with Crippen LogP contribution in [0.1, 0.15) is 88.2 Å². The second-order valence-electron chi connectivity index (χ2n) is 14.1. The van der Waals surface area contributed by atoms with E-state index in [9.17, 15) is 9.46 Å². The summed E-state index contributed by atoms with van der Waals surface area (Å²) in [5.74, 6) is 5.05. The molecule has 8 saturated carbocycles. The number of rotatable bonds is 4. The standard InChI is InChI=1S/C30H40NO3P/c32-35(33)28-26(31-3-5-34-6-4-31)2-1-25(29-13-19-7-20(14-29)9-21(8-19)15-29)27(28)30-16-22-10-23(17-30)12-24(11-22)18-30/h1-2,19-24H,3-18H2. The van der Waals surface area contributed by atoms with Crippen LogP contribution in [0.4, 0.5) is 5.69 Å². The Hall–Kier alpha value is -0.960. The molecule has 0 spiro atoms. The first-order valence-corrected chi connectivity index (χ1v) is 15.8. The molecule has 1 atom stereocenters. The van der Waals surface area contributed by atoms with Gasteiger partial charge in [0.15, 0.2) is 0 Å².